The van der Waals surface area contributed by atoms with E-state index in [1.807, 2.05) is 28.4 Å². The third kappa shape index (κ3) is 1.43. The second kappa shape index (κ2) is 3.88. The summed E-state index contributed by atoms with van der Waals surface area (Å²) in [6.07, 6.45) is 5.75. The Hall–Kier alpha value is -1.29. The van der Waals surface area contributed by atoms with Gasteiger partial charge in [-0.2, -0.15) is 11.3 Å². The quantitative estimate of drug-likeness (QED) is 0.413. The fourth-order valence-electron chi connectivity index (χ4n) is 2.02. The minimum atomic E-state index is 0. The van der Waals surface area contributed by atoms with Gasteiger partial charge in [0, 0.05) is 38.0 Å². The topological polar surface area (TPSA) is 30.2 Å². The van der Waals surface area contributed by atoms with E-state index in [-0.39, 0.29) is 20.1 Å². The van der Waals surface area contributed by atoms with Crippen LogP contribution in [0.4, 0.5) is 0 Å². The zero-order valence-electron chi connectivity index (χ0n) is 8.55. The molecule has 5 heteroatoms. The van der Waals surface area contributed by atoms with Crippen molar-refractivity contribution in [3.05, 3.63) is 42.3 Å². The van der Waals surface area contributed by atoms with E-state index in [0.717, 1.165) is 21.9 Å². The Morgan fingerprint density at radius 2 is 2.18 bits per heavy atom. The first-order chi connectivity index (χ1) is 7.93. The molecule has 1 aromatic carbocycles. The molecule has 4 rings (SSSR count). The van der Waals surface area contributed by atoms with Gasteiger partial charge in [-0.25, -0.2) is 0 Å². The molecule has 85 valence electrons. The minimum Gasteiger partial charge on any atom is -0.347 e. The molecule has 17 heavy (non-hydrogen) atoms. The standard InChI is InChI=1S/C12H6N3S.Ir/c1-2-10-11(14-7-16-10)8-3-5-15-6-4-13-12(15)9(1)8;/h2-7H;/q-1;. The van der Waals surface area contributed by atoms with Crippen LogP contribution >= 0.6 is 11.3 Å². The van der Waals surface area contributed by atoms with Crippen molar-refractivity contribution in [2.24, 2.45) is 0 Å². The average Bonchev–Trinajstić information content (AvgIpc) is 2.96. The van der Waals surface area contributed by atoms with E-state index in [0.29, 0.717) is 0 Å². The number of rotatable bonds is 0. The summed E-state index contributed by atoms with van der Waals surface area (Å²) >= 11 is 1.64. The van der Waals surface area contributed by atoms with Crippen LogP contribution in [0.15, 0.2) is 36.2 Å². The molecule has 0 bridgehead atoms. The van der Waals surface area contributed by atoms with Crippen molar-refractivity contribution in [3.63, 3.8) is 0 Å². The second-order valence-corrected chi connectivity index (χ2v) is 4.50. The molecule has 0 N–H and O–H groups in total. The number of fused-ring (bicyclic) bond motifs is 5. The number of pyridine rings is 1. The molecule has 0 fully saturated rings. The third-order valence-electron chi connectivity index (χ3n) is 2.76. The maximum Gasteiger partial charge on any atom is 0.0692 e. The van der Waals surface area contributed by atoms with Crippen LogP contribution in [0.5, 0.6) is 0 Å². The van der Waals surface area contributed by atoms with E-state index in [1.54, 1.807) is 17.5 Å². The van der Waals surface area contributed by atoms with Crippen LogP contribution in [-0.2, 0) is 20.1 Å². The average molecular weight is 416 g/mol. The van der Waals surface area contributed by atoms with Crippen LogP contribution in [0, 0.1) is 6.07 Å². The molecule has 0 aliphatic rings. The van der Waals surface area contributed by atoms with Crippen LogP contribution < -0.4 is 0 Å². The van der Waals surface area contributed by atoms with Crippen LogP contribution in [-0.4, -0.2) is 14.4 Å². The SMILES string of the molecule is [Ir].[c-]1cc2scnc2c2ccn3ccnc3c12. The summed E-state index contributed by atoms with van der Waals surface area (Å²) in [7, 11) is 0. The van der Waals surface area contributed by atoms with Gasteiger partial charge in [0.1, 0.15) is 0 Å². The second-order valence-electron chi connectivity index (χ2n) is 3.62. The summed E-state index contributed by atoms with van der Waals surface area (Å²) in [5.74, 6) is 0. The van der Waals surface area contributed by atoms with Crippen molar-refractivity contribution in [1.29, 1.82) is 0 Å². The van der Waals surface area contributed by atoms with Gasteiger partial charge >= 0.3 is 0 Å². The van der Waals surface area contributed by atoms with Gasteiger partial charge in [-0.1, -0.05) is 16.8 Å². The van der Waals surface area contributed by atoms with Crippen LogP contribution in [0.25, 0.3) is 26.6 Å². The van der Waals surface area contributed by atoms with Crippen molar-refractivity contribution >= 4 is 38.0 Å². The number of hydrogen-bond donors (Lipinski definition) is 0. The Morgan fingerprint density at radius 3 is 3.12 bits per heavy atom. The minimum absolute atomic E-state index is 0. The Bertz CT molecular complexity index is 748. The molecule has 3 aromatic heterocycles. The van der Waals surface area contributed by atoms with Crippen LogP contribution in [0.1, 0.15) is 0 Å². The fraction of sp³-hybridized carbons (Fsp3) is 0. The molecular formula is C12H6IrN3S-. The summed E-state index contributed by atoms with van der Waals surface area (Å²) in [5.41, 5.74) is 3.85. The molecule has 3 nitrogen and oxygen atoms in total. The van der Waals surface area contributed by atoms with Crippen molar-refractivity contribution < 1.29 is 20.1 Å². The number of thiazole rings is 1. The van der Waals surface area contributed by atoms with Gasteiger partial charge in [0.25, 0.3) is 0 Å². The summed E-state index contributed by atoms with van der Waals surface area (Å²) in [4.78, 5) is 8.74. The molecule has 3 heterocycles. The molecule has 4 aromatic rings. The van der Waals surface area contributed by atoms with Gasteiger partial charge < -0.3 is 4.40 Å². The molecule has 0 unspecified atom stereocenters. The monoisotopic (exact) mass is 417 g/mol. The first-order valence-electron chi connectivity index (χ1n) is 4.93. The largest absolute Gasteiger partial charge is 0.347 e. The van der Waals surface area contributed by atoms with Gasteiger partial charge in [0.15, 0.2) is 0 Å². The predicted octanol–water partition coefficient (Wildman–Crippen LogP) is 2.89. The zero-order valence-corrected chi connectivity index (χ0v) is 11.8. The zero-order chi connectivity index (χ0) is 10.5. The molecular weight excluding hydrogens is 410 g/mol. The van der Waals surface area contributed by atoms with Crippen molar-refractivity contribution in [1.82, 2.24) is 14.4 Å². The van der Waals surface area contributed by atoms with Gasteiger partial charge in [-0.15, -0.1) is 12.1 Å². The number of benzene rings is 1. The van der Waals surface area contributed by atoms with E-state index >= 15 is 0 Å². The third-order valence-corrected chi connectivity index (χ3v) is 3.54. The van der Waals surface area contributed by atoms with Gasteiger partial charge in [0.05, 0.1) is 11.2 Å². The Morgan fingerprint density at radius 1 is 1.24 bits per heavy atom. The summed E-state index contributed by atoms with van der Waals surface area (Å²) in [6.45, 7) is 0. The van der Waals surface area contributed by atoms with Crippen LogP contribution in [0.2, 0.25) is 0 Å². The number of aromatic nitrogens is 3. The predicted molar refractivity (Wildman–Crippen MR) is 64.7 cm³/mol. The van der Waals surface area contributed by atoms with E-state index in [1.165, 1.54) is 4.70 Å². The molecule has 0 amide bonds. The van der Waals surface area contributed by atoms with Gasteiger partial charge in [0.2, 0.25) is 0 Å². The maximum atomic E-state index is 4.40. The molecule has 0 aliphatic carbocycles. The van der Waals surface area contributed by atoms with Crippen molar-refractivity contribution in [3.8, 4) is 0 Å². The molecule has 1 radical (unpaired) electrons. The van der Waals surface area contributed by atoms with E-state index < -0.39 is 0 Å². The van der Waals surface area contributed by atoms with Gasteiger partial charge in [-0.3, -0.25) is 9.97 Å². The Labute approximate surface area is 114 Å². The van der Waals surface area contributed by atoms with Crippen LogP contribution in [0.3, 0.4) is 0 Å². The summed E-state index contributed by atoms with van der Waals surface area (Å²) < 4.78 is 3.17. The number of nitrogens with zero attached hydrogens (tertiary/aromatic N) is 3. The van der Waals surface area contributed by atoms with Crippen molar-refractivity contribution in [2.75, 3.05) is 0 Å². The Kier molecular flexibility index (Phi) is 2.47. The summed E-state index contributed by atoms with van der Waals surface area (Å²) in [5, 5.41) is 2.16. The molecule has 0 saturated carbocycles. The molecule has 0 aliphatic heterocycles. The number of imidazole rings is 1. The normalized spacial score (nSPS) is 11.1. The number of hydrogen-bond acceptors (Lipinski definition) is 3. The van der Waals surface area contributed by atoms with Gasteiger partial charge in [-0.05, 0) is 10.9 Å². The molecule has 0 atom stereocenters. The fourth-order valence-corrected chi connectivity index (χ4v) is 2.70. The smallest absolute Gasteiger partial charge is 0.0692 e. The van der Waals surface area contributed by atoms with E-state index in [9.17, 15) is 0 Å². The first kappa shape index (κ1) is 10.8. The Balaban J connectivity index is 0.000000902. The molecule has 0 saturated heterocycles. The molecule has 0 spiro atoms. The first-order valence-corrected chi connectivity index (χ1v) is 5.81. The maximum absolute atomic E-state index is 4.40. The van der Waals surface area contributed by atoms with E-state index in [4.69, 9.17) is 0 Å². The van der Waals surface area contributed by atoms with E-state index in [2.05, 4.69) is 22.1 Å². The van der Waals surface area contributed by atoms with Crippen molar-refractivity contribution in [2.45, 2.75) is 0 Å². The summed E-state index contributed by atoms with van der Waals surface area (Å²) in [6, 6.07) is 7.36.